The molecule has 1 aromatic carbocycles. The monoisotopic (exact) mass is 304 g/mol. The predicted octanol–water partition coefficient (Wildman–Crippen LogP) is 2.43. The van der Waals surface area contributed by atoms with Gasteiger partial charge < -0.3 is 5.11 Å². The van der Waals surface area contributed by atoms with Crippen LogP contribution in [-0.2, 0) is 10.2 Å². The van der Waals surface area contributed by atoms with Gasteiger partial charge in [-0.2, -0.15) is 12.7 Å². The second kappa shape index (κ2) is 5.56. The molecule has 106 valence electrons. The van der Waals surface area contributed by atoms with E-state index in [0.717, 1.165) is 12.8 Å². The summed E-state index contributed by atoms with van der Waals surface area (Å²) >= 11 is 5.68. The number of anilines is 1. The first-order valence-electron chi connectivity index (χ1n) is 6.15. The minimum absolute atomic E-state index is 0.145. The van der Waals surface area contributed by atoms with E-state index in [1.165, 1.54) is 22.5 Å². The van der Waals surface area contributed by atoms with Crippen molar-refractivity contribution in [3.8, 4) is 5.75 Å². The molecule has 1 aliphatic heterocycles. The number of benzene rings is 1. The highest BCUT2D eigenvalue weighted by Crippen LogP contribution is 2.27. The molecule has 2 N–H and O–H groups in total. The molecule has 1 unspecified atom stereocenters. The zero-order valence-corrected chi connectivity index (χ0v) is 12.2. The van der Waals surface area contributed by atoms with E-state index in [-0.39, 0.29) is 10.8 Å². The van der Waals surface area contributed by atoms with Gasteiger partial charge in [0.05, 0.1) is 10.7 Å². The Hall–Kier alpha value is -0.980. The molecule has 0 aliphatic carbocycles. The summed E-state index contributed by atoms with van der Waals surface area (Å²) in [6.07, 6.45) is 1.92. The second-order valence-corrected chi connectivity index (χ2v) is 6.96. The lowest BCUT2D eigenvalue weighted by molar-refractivity contribution is 0.282. The first-order chi connectivity index (χ1) is 8.88. The van der Waals surface area contributed by atoms with Crippen LogP contribution in [0.5, 0.6) is 5.75 Å². The third kappa shape index (κ3) is 3.52. The van der Waals surface area contributed by atoms with Crippen molar-refractivity contribution < 1.29 is 13.5 Å². The third-order valence-corrected chi connectivity index (χ3v) is 4.98. The van der Waals surface area contributed by atoms with Crippen LogP contribution in [0.25, 0.3) is 0 Å². The van der Waals surface area contributed by atoms with Crippen molar-refractivity contribution in [2.24, 2.45) is 5.92 Å². The van der Waals surface area contributed by atoms with E-state index < -0.39 is 10.2 Å². The van der Waals surface area contributed by atoms with Crippen molar-refractivity contribution in [2.45, 2.75) is 19.8 Å². The Kier molecular flexibility index (Phi) is 4.23. The normalized spacial score (nSPS) is 21.3. The molecule has 1 saturated heterocycles. The SMILES string of the molecule is CC1CCCN(S(=O)(=O)Nc2ccc(Cl)c(O)c2)C1. The summed E-state index contributed by atoms with van der Waals surface area (Å²) in [5.74, 6) is 0.220. The van der Waals surface area contributed by atoms with Crippen molar-refractivity contribution >= 4 is 27.5 Å². The number of phenolic OH excluding ortho intramolecular Hbond substituents is 1. The first kappa shape index (κ1) is 14.4. The van der Waals surface area contributed by atoms with Crippen LogP contribution in [0.15, 0.2) is 18.2 Å². The lowest BCUT2D eigenvalue weighted by atomic mass is 10.0. The predicted molar refractivity (Wildman–Crippen MR) is 75.6 cm³/mol. The van der Waals surface area contributed by atoms with Gasteiger partial charge in [0, 0.05) is 19.2 Å². The van der Waals surface area contributed by atoms with Gasteiger partial charge in [0.1, 0.15) is 5.75 Å². The number of hydrogen-bond donors (Lipinski definition) is 2. The van der Waals surface area contributed by atoms with Crippen molar-refractivity contribution in [1.82, 2.24) is 4.31 Å². The van der Waals surface area contributed by atoms with Gasteiger partial charge in [0.25, 0.3) is 0 Å². The molecule has 0 radical (unpaired) electrons. The average molecular weight is 305 g/mol. The smallest absolute Gasteiger partial charge is 0.301 e. The number of piperidine rings is 1. The largest absolute Gasteiger partial charge is 0.506 e. The zero-order valence-electron chi connectivity index (χ0n) is 10.6. The molecule has 1 aromatic rings. The van der Waals surface area contributed by atoms with E-state index in [9.17, 15) is 13.5 Å². The Morgan fingerprint density at radius 2 is 2.21 bits per heavy atom. The number of halogens is 1. The highest BCUT2D eigenvalue weighted by Gasteiger charge is 2.27. The zero-order chi connectivity index (χ0) is 14.0. The topological polar surface area (TPSA) is 69.6 Å². The van der Waals surface area contributed by atoms with Crippen molar-refractivity contribution in [1.29, 1.82) is 0 Å². The van der Waals surface area contributed by atoms with Gasteiger partial charge in [-0.1, -0.05) is 18.5 Å². The van der Waals surface area contributed by atoms with Crippen LogP contribution in [0.2, 0.25) is 5.02 Å². The molecule has 5 nitrogen and oxygen atoms in total. The average Bonchev–Trinajstić information content (AvgIpc) is 2.33. The summed E-state index contributed by atoms with van der Waals surface area (Å²) in [5, 5.41) is 9.66. The number of nitrogens with one attached hydrogen (secondary N) is 1. The van der Waals surface area contributed by atoms with Gasteiger partial charge in [0.15, 0.2) is 0 Å². The molecule has 0 amide bonds. The van der Waals surface area contributed by atoms with E-state index in [4.69, 9.17) is 11.6 Å². The van der Waals surface area contributed by atoms with Gasteiger partial charge in [0.2, 0.25) is 0 Å². The fourth-order valence-corrected chi connectivity index (χ4v) is 3.65. The summed E-state index contributed by atoms with van der Waals surface area (Å²) in [4.78, 5) is 0. The quantitative estimate of drug-likeness (QED) is 0.901. The number of phenols is 1. The maximum Gasteiger partial charge on any atom is 0.301 e. The van der Waals surface area contributed by atoms with Crippen LogP contribution in [0.3, 0.4) is 0 Å². The number of nitrogens with zero attached hydrogens (tertiary/aromatic N) is 1. The van der Waals surface area contributed by atoms with Gasteiger partial charge in [-0.15, -0.1) is 0 Å². The summed E-state index contributed by atoms with van der Waals surface area (Å²) in [7, 11) is -3.57. The summed E-state index contributed by atoms with van der Waals surface area (Å²) in [6, 6.07) is 4.27. The van der Waals surface area contributed by atoms with Crippen LogP contribution >= 0.6 is 11.6 Å². The minimum atomic E-state index is -3.57. The van der Waals surface area contributed by atoms with Crippen molar-refractivity contribution in [3.05, 3.63) is 23.2 Å². The third-order valence-electron chi connectivity index (χ3n) is 3.15. The Morgan fingerprint density at radius 3 is 2.84 bits per heavy atom. The maximum atomic E-state index is 12.2. The van der Waals surface area contributed by atoms with Gasteiger partial charge in [-0.3, -0.25) is 4.72 Å². The van der Waals surface area contributed by atoms with E-state index >= 15 is 0 Å². The Morgan fingerprint density at radius 1 is 1.47 bits per heavy atom. The molecule has 7 heteroatoms. The number of rotatable bonds is 3. The molecule has 1 aliphatic rings. The molecule has 0 aromatic heterocycles. The van der Waals surface area contributed by atoms with Gasteiger partial charge >= 0.3 is 10.2 Å². The standard InChI is InChI=1S/C12H17ClN2O3S/c1-9-3-2-6-15(8-9)19(17,18)14-10-4-5-11(13)12(16)7-10/h4-5,7,9,14,16H,2-3,6,8H2,1H3. The molecule has 19 heavy (non-hydrogen) atoms. The van der Waals surface area contributed by atoms with E-state index in [2.05, 4.69) is 4.72 Å². The van der Waals surface area contributed by atoms with Crippen LogP contribution in [0.1, 0.15) is 19.8 Å². The molecule has 2 rings (SSSR count). The molecule has 1 atom stereocenters. The van der Waals surface area contributed by atoms with Crippen LogP contribution < -0.4 is 4.72 Å². The highest BCUT2D eigenvalue weighted by molar-refractivity contribution is 7.90. The second-order valence-electron chi connectivity index (χ2n) is 4.88. The molecule has 1 fully saturated rings. The lowest BCUT2D eigenvalue weighted by Crippen LogP contribution is -2.42. The Bertz CT molecular complexity index is 562. The molecule has 1 heterocycles. The minimum Gasteiger partial charge on any atom is -0.506 e. The van der Waals surface area contributed by atoms with Crippen LogP contribution in [0.4, 0.5) is 5.69 Å². The summed E-state index contributed by atoms with van der Waals surface area (Å²) in [6.45, 7) is 3.09. The van der Waals surface area contributed by atoms with Crippen LogP contribution in [0, 0.1) is 5.92 Å². The fourth-order valence-electron chi connectivity index (χ4n) is 2.15. The molecule has 0 bridgehead atoms. The number of aromatic hydroxyl groups is 1. The molecular weight excluding hydrogens is 288 g/mol. The van der Waals surface area contributed by atoms with Gasteiger partial charge in [-0.05, 0) is 30.9 Å². The van der Waals surface area contributed by atoms with Crippen molar-refractivity contribution in [3.63, 3.8) is 0 Å². The summed E-state index contributed by atoms with van der Waals surface area (Å²) in [5.41, 5.74) is 0.306. The fraction of sp³-hybridized carbons (Fsp3) is 0.500. The first-order valence-corrected chi connectivity index (χ1v) is 7.96. The molecular formula is C12H17ClN2O3S. The molecule has 0 saturated carbocycles. The summed E-state index contributed by atoms with van der Waals surface area (Å²) < 4.78 is 28.3. The number of hydrogen-bond acceptors (Lipinski definition) is 3. The van der Waals surface area contributed by atoms with E-state index in [0.29, 0.717) is 24.7 Å². The van der Waals surface area contributed by atoms with E-state index in [1.54, 1.807) is 0 Å². The van der Waals surface area contributed by atoms with Crippen molar-refractivity contribution in [2.75, 3.05) is 17.8 Å². The van der Waals surface area contributed by atoms with Crippen LogP contribution in [-0.4, -0.2) is 30.9 Å². The molecule has 0 spiro atoms. The Balaban J connectivity index is 2.14. The highest BCUT2D eigenvalue weighted by atomic mass is 35.5. The van der Waals surface area contributed by atoms with E-state index in [1.807, 2.05) is 6.92 Å². The lowest BCUT2D eigenvalue weighted by Gasteiger charge is -2.30. The Labute approximate surface area is 118 Å². The van der Waals surface area contributed by atoms with Gasteiger partial charge in [-0.25, -0.2) is 0 Å². The maximum absolute atomic E-state index is 12.2.